The lowest BCUT2D eigenvalue weighted by Crippen LogP contribution is -2.58. The number of benzene rings is 3. The van der Waals surface area contributed by atoms with Gasteiger partial charge in [-0.2, -0.15) is 18.3 Å². The minimum atomic E-state index is -5.09. The fraction of sp³-hybridized carbons (Fsp3) is 0.353. The molecule has 3 aromatic carbocycles. The van der Waals surface area contributed by atoms with Crippen LogP contribution in [0.25, 0.3) is 16.6 Å². The Labute approximate surface area is 278 Å². The molecule has 262 valence electrons. The molecule has 11 nitrogen and oxygen atoms in total. The van der Waals surface area contributed by atoms with Crippen molar-refractivity contribution in [3.8, 4) is 11.4 Å². The summed E-state index contributed by atoms with van der Waals surface area (Å²) in [5.74, 6) is -3.86. The summed E-state index contributed by atoms with van der Waals surface area (Å²) < 4.78 is 64.5. The zero-order valence-corrected chi connectivity index (χ0v) is 27.2. The summed E-state index contributed by atoms with van der Waals surface area (Å²) in [5, 5.41) is 27.7. The van der Waals surface area contributed by atoms with Crippen molar-refractivity contribution in [2.24, 2.45) is 11.5 Å². The maximum absolute atomic E-state index is 14.6. The number of nitrogens with two attached hydrogens (primary N) is 2. The smallest absolute Gasteiger partial charge is 0.418 e. The highest BCUT2D eigenvalue weighted by molar-refractivity contribution is 6.17. The van der Waals surface area contributed by atoms with Gasteiger partial charge in [0.1, 0.15) is 11.6 Å². The predicted octanol–water partition coefficient (Wildman–Crippen LogP) is 4.79. The molecule has 0 saturated heterocycles. The number of methoxy groups -OCH3 is 1. The number of primary amides is 1. The summed E-state index contributed by atoms with van der Waals surface area (Å²) in [6.45, 7) is 3.65. The van der Waals surface area contributed by atoms with Gasteiger partial charge in [0.2, 0.25) is 5.91 Å². The van der Waals surface area contributed by atoms with Gasteiger partial charge in [-0.15, -0.1) is 0 Å². The van der Waals surface area contributed by atoms with E-state index in [2.05, 4.69) is 10.4 Å². The third-order valence-corrected chi connectivity index (χ3v) is 8.49. The number of aliphatic hydroxyl groups is 1. The number of nitrogens with one attached hydrogen (secondary N) is 1. The van der Waals surface area contributed by atoms with Crippen LogP contribution >= 0.6 is 0 Å². The van der Waals surface area contributed by atoms with Crippen LogP contribution in [-0.2, 0) is 15.0 Å². The van der Waals surface area contributed by atoms with E-state index in [0.29, 0.717) is 22.2 Å². The first-order valence-corrected chi connectivity index (χ1v) is 15.0. The number of Topliss-reactive ketones (excluding diaryl/α,β-unsaturated/α-hetero) is 1. The Morgan fingerprint density at radius 3 is 2.37 bits per heavy atom. The molecule has 1 aromatic heterocycles. The molecule has 0 aliphatic carbocycles. The van der Waals surface area contributed by atoms with Gasteiger partial charge in [0.15, 0.2) is 16.9 Å². The van der Waals surface area contributed by atoms with E-state index in [0.717, 1.165) is 12.1 Å². The Morgan fingerprint density at radius 2 is 1.76 bits per heavy atom. The number of fused-ring (bicyclic) bond motifs is 1. The van der Waals surface area contributed by atoms with Crippen molar-refractivity contribution in [1.82, 2.24) is 9.78 Å². The van der Waals surface area contributed by atoms with Crippen LogP contribution in [0.2, 0.25) is 0 Å². The van der Waals surface area contributed by atoms with Gasteiger partial charge in [0.25, 0.3) is 0 Å². The fourth-order valence-electron chi connectivity index (χ4n) is 5.85. The standard InChI is InChI=1S/C34H37F4N5O6/c1-19-12-25(41-18-32(48,34(36,37)38)17-31(2,3)24-15-21(35)8-9-27(24)49-4)23-16-42-43(26(23)13-19)22-7-5-6-20(14-22)29(46)33(40,30(39)47)11-10-28(44)45/h5-9,12-16,41,48H,10-11,17-18,40H2,1-4H3,(H2,39,47)(H,44,45)/t32?,33-/m0/s1. The highest BCUT2D eigenvalue weighted by Crippen LogP contribution is 2.44. The Morgan fingerprint density at radius 1 is 1.06 bits per heavy atom. The molecule has 0 bridgehead atoms. The number of carbonyl (C=O) groups excluding carboxylic acids is 2. The zero-order valence-electron chi connectivity index (χ0n) is 27.2. The van der Waals surface area contributed by atoms with Gasteiger partial charge >= 0.3 is 12.1 Å². The molecule has 0 spiro atoms. The zero-order chi connectivity index (χ0) is 36.5. The Bertz CT molecular complexity index is 1910. The molecular weight excluding hydrogens is 650 g/mol. The van der Waals surface area contributed by atoms with E-state index in [4.69, 9.17) is 21.3 Å². The highest BCUT2D eigenvalue weighted by Gasteiger charge is 2.56. The SMILES string of the molecule is COc1ccc(F)cc1C(C)(C)CC(O)(CNc1cc(C)cc2c1cnn2-c1cccc(C(=O)[C@@](N)(CCC(=O)O)C(N)=O)c1)C(F)(F)F. The van der Waals surface area contributed by atoms with Crippen molar-refractivity contribution in [3.63, 3.8) is 0 Å². The number of ketones is 1. The summed E-state index contributed by atoms with van der Waals surface area (Å²) in [7, 11) is 1.32. The number of hydrogen-bond donors (Lipinski definition) is 5. The normalized spacial score (nSPS) is 14.6. The summed E-state index contributed by atoms with van der Waals surface area (Å²) in [5.41, 5.74) is 6.14. The van der Waals surface area contributed by atoms with Crippen LogP contribution < -0.4 is 21.5 Å². The molecule has 2 atom stereocenters. The van der Waals surface area contributed by atoms with Crippen LogP contribution in [0.1, 0.15) is 54.6 Å². The average Bonchev–Trinajstić information content (AvgIpc) is 3.45. The van der Waals surface area contributed by atoms with Crippen LogP contribution in [0.4, 0.5) is 23.2 Å². The van der Waals surface area contributed by atoms with E-state index in [1.165, 1.54) is 56.1 Å². The molecule has 49 heavy (non-hydrogen) atoms. The van der Waals surface area contributed by atoms with Crippen LogP contribution in [0.5, 0.6) is 5.75 Å². The monoisotopic (exact) mass is 687 g/mol. The van der Waals surface area contributed by atoms with Gasteiger partial charge in [-0.05, 0) is 73.2 Å². The molecule has 1 unspecified atom stereocenters. The van der Waals surface area contributed by atoms with E-state index in [-0.39, 0.29) is 22.6 Å². The number of aliphatic carboxylic acids is 1. The average molecular weight is 688 g/mol. The number of alkyl halides is 3. The van der Waals surface area contributed by atoms with Gasteiger partial charge < -0.3 is 31.7 Å². The number of carbonyl (C=O) groups is 3. The van der Waals surface area contributed by atoms with Crippen molar-refractivity contribution >= 4 is 34.3 Å². The molecule has 7 N–H and O–H groups in total. The molecule has 0 saturated carbocycles. The predicted molar refractivity (Wildman–Crippen MR) is 173 cm³/mol. The Kier molecular flexibility index (Phi) is 10.1. The van der Waals surface area contributed by atoms with Crippen molar-refractivity contribution in [2.75, 3.05) is 19.0 Å². The lowest BCUT2D eigenvalue weighted by atomic mass is 9.74. The second kappa shape index (κ2) is 13.5. The second-order valence-electron chi connectivity index (χ2n) is 12.7. The molecule has 1 heterocycles. The number of carboxylic acid groups (broad SMARTS) is 1. The summed E-state index contributed by atoms with van der Waals surface area (Å²) in [6, 6.07) is 12.6. The number of anilines is 1. The number of hydrogen-bond acceptors (Lipinski definition) is 8. The number of ether oxygens (including phenoxy) is 1. The largest absolute Gasteiger partial charge is 0.496 e. The first-order valence-electron chi connectivity index (χ1n) is 15.0. The number of halogens is 4. The van der Waals surface area contributed by atoms with E-state index < -0.39 is 72.0 Å². The molecule has 0 aliphatic heterocycles. The third-order valence-electron chi connectivity index (χ3n) is 8.49. The fourth-order valence-corrected chi connectivity index (χ4v) is 5.85. The maximum atomic E-state index is 14.6. The molecular formula is C34H37F4N5O6. The first kappa shape index (κ1) is 36.8. The molecule has 0 fully saturated rings. The molecule has 4 aromatic rings. The van der Waals surface area contributed by atoms with Crippen molar-refractivity contribution in [1.29, 1.82) is 0 Å². The minimum Gasteiger partial charge on any atom is -0.496 e. The number of nitrogens with zero attached hydrogens (tertiary/aromatic N) is 2. The van der Waals surface area contributed by atoms with Gasteiger partial charge in [-0.25, -0.2) is 9.07 Å². The van der Waals surface area contributed by atoms with Gasteiger partial charge in [0, 0.05) is 28.6 Å². The number of aromatic nitrogens is 2. The Hall–Kier alpha value is -5.02. The van der Waals surface area contributed by atoms with Gasteiger partial charge in [-0.1, -0.05) is 26.0 Å². The highest BCUT2D eigenvalue weighted by atomic mass is 19.4. The Balaban J connectivity index is 1.68. The number of amides is 1. The summed E-state index contributed by atoms with van der Waals surface area (Å²) >= 11 is 0. The lowest BCUT2D eigenvalue weighted by molar-refractivity contribution is -0.260. The third kappa shape index (κ3) is 7.52. The molecule has 1 amide bonds. The minimum absolute atomic E-state index is 0.0494. The molecule has 4 rings (SSSR count). The van der Waals surface area contributed by atoms with E-state index in [1.807, 2.05) is 0 Å². The first-order chi connectivity index (χ1) is 22.7. The van der Waals surface area contributed by atoms with Crippen molar-refractivity contribution < 1.29 is 46.9 Å². The van der Waals surface area contributed by atoms with Crippen molar-refractivity contribution in [2.45, 2.75) is 62.8 Å². The van der Waals surface area contributed by atoms with Gasteiger partial charge in [0.05, 0.1) is 31.1 Å². The quantitative estimate of drug-likeness (QED) is 0.0707. The summed E-state index contributed by atoms with van der Waals surface area (Å²) in [6.07, 6.45) is -5.65. The summed E-state index contributed by atoms with van der Waals surface area (Å²) in [4.78, 5) is 36.6. The maximum Gasteiger partial charge on any atom is 0.418 e. The topological polar surface area (TPSA) is 183 Å². The molecule has 0 radical (unpaired) electrons. The van der Waals surface area contributed by atoms with Crippen LogP contribution in [-0.4, -0.2) is 68.6 Å². The number of aryl methyl sites for hydroxylation is 1. The second-order valence-corrected chi connectivity index (χ2v) is 12.7. The van der Waals surface area contributed by atoms with Crippen LogP contribution in [0.3, 0.4) is 0 Å². The van der Waals surface area contributed by atoms with Gasteiger partial charge in [-0.3, -0.25) is 14.4 Å². The molecule has 15 heteroatoms. The van der Waals surface area contributed by atoms with Crippen LogP contribution in [0, 0.1) is 12.7 Å². The van der Waals surface area contributed by atoms with E-state index >= 15 is 0 Å². The number of carboxylic acids is 1. The van der Waals surface area contributed by atoms with Crippen molar-refractivity contribution in [3.05, 3.63) is 83.3 Å². The number of rotatable bonds is 14. The van der Waals surface area contributed by atoms with E-state index in [1.54, 1.807) is 25.1 Å². The lowest BCUT2D eigenvalue weighted by Gasteiger charge is -2.38. The molecule has 0 aliphatic rings. The van der Waals surface area contributed by atoms with E-state index in [9.17, 15) is 37.1 Å². The van der Waals surface area contributed by atoms with Crippen LogP contribution in [0.15, 0.2) is 60.8 Å².